The summed E-state index contributed by atoms with van der Waals surface area (Å²) in [6, 6.07) is 5.59. The Morgan fingerprint density at radius 1 is 1.08 bits per heavy atom. The van der Waals surface area contributed by atoms with Gasteiger partial charge in [-0.05, 0) is 29.0 Å². The third-order valence-electron chi connectivity index (χ3n) is 1.78. The van der Waals surface area contributed by atoms with Crippen LogP contribution in [0.5, 0.6) is 0 Å². The molecule has 68 valence electrons. The minimum Gasteiger partial charge on any atom is -0.166 e. The predicted molar refractivity (Wildman–Crippen MR) is 46.8 cm³/mol. The van der Waals surface area contributed by atoms with Crippen molar-refractivity contribution in [3.8, 4) is 0 Å². The Balaban J connectivity index is 2.61. The molecule has 0 aliphatic rings. The lowest BCUT2D eigenvalue weighted by molar-refractivity contribution is -0.137. The summed E-state index contributed by atoms with van der Waals surface area (Å²) in [5.41, 5.74) is -0.581. The van der Waals surface area contributed by atoms with Crippen LogP contribution >= 0.6 is 11.3 Å². The number of benzene rings is 1. The van der Waals surface area contributed by atoms with Crippen LogP contribution in [0.15, 0.2) is 29.6 Å². The van der Waals surface area contributed by atoms with Gasteiger partial charge in [-0.3, -0.25) is 0 Å². The van der Waals surface area contributed by atoms with Crippen LogP contribution in [0, 0.1) is 0 Å². The predicted octanol–water partition coefficient (Wildman–Crippen LogP) is 3.92. The Labute approximate surface area is 76.6 Å². The summed E-state index contributed by atoms with van der Waals surface area (Å²) in [6.45, 7) is 0. The van der Waals surface area contributed by atoms with Crippen molar-refractivity contribution in [3.63, 3.8) is 0 Å². The molecule has 0 fully saturated rings. The average molecular weight is 202 g/mol. The topological polar surface area (TPSA) is 0 Å². The van der Waals surface area contributed by atoms with Crippen LogP contribution in [-0.2, 0) is 6.18 Å². The largest absolute Gasteiger partial charge is 0.416 e. The molecule has 2 rings (SSSR count). The van der Waals surface area contributed by atoms with Gasteiger partial charge in [-0.1, -0.05) is 6.07 Å². The summed E-state index contributed by atoms with van der Waals surface area (Å²) in [5, 5.41) is 2.64. The summed E-state index contributed by atoms with van der Waals surface area (Å²) in [7, 11) is 0. The molecule has 0 bridgehead atoms. The lowest BCUT2D eigenvalue weighted by Crippen LogP contribution is -2.03. The zero-order valence-electron chi connectivity index (χ0n) is 6.43. The monoisotopic (exact) mass is 202 g/mol. The summed E-state index contributed by atoms with van der Waals surface area (Å²) < 4.78 is 37.4. The van der Waals surface area contributed by atoms with Crippen molar-refractivity contribution >= 4 is 21.4 Å². The van der Waals surface area contributed by atoms with Gasteiger partial charge in [0.25, 0.3) is 0 Å². The molecule has 0 saturated heterocycles. The van der Waals surface area contributed by atoms with Gasteiger partial charge in [0.05, 0.1) is 5.56 Å². The van der Waals surface area contributed by atoms with Crippen molar-refractivity contribution in [3.05, 3.63) is 35.2 Å². The van der Waals surface area contributed by atoms with Crippen LogP contribution in [0.25, 0.3) is 10.1 Å². The van der Waals surface area contributed by atoms with E-state index < -0.39 is 11.7 Å². The first-order chi connectivity index (χ1) is 6.07. The van der Waals surface area contributed by atoms with E-state index in [4.69, 9.17) is 0 Å². The summed E-state index contributed by atoms with van der Waals surface area (Å²) in [4.78, 5) is 0. The van der Waals surface area contributed by atoms with Gasteiger partial charge in [-0.25, -0.2) is 0 Å². The number of thiophene rings is 1. The SMILES string of the molecule is FC(F)(F)c1ccc2ccsc2c1. The van der Waals surface area contributed by atoms with E-state index in [9.17, 15) is 13.2 Å². The van der Waals surface area contributed by atoms with E-state index in [2.05, 4.69) is 0 Å². The molecule has 0 N–H and O–H groups in total. The smallest absolute Gasteiger partial charge is 0.166 e. The van der Waals surface area contributed by atoms with E-state index in [1.54, 1.807) is 11.4 Å². The van der Waals surface area contributed by atoms with Crippen LogP contribution in [0.3, 0.4) is 0 Å². The highest BCUT2D eigenvalue weighted by atomic mass is 32.1. The molecule has 0 nitrogen and oxygen atoms in total. The minimum absolute atomic E-state index is 0.581. The molecular weight excluding hydrogens is 197 g/mol. The van der Waals surface area contributed by atoms with Gasteiger partial charge in [0.15, 0.2) is 0 Å². The lowest BCUT2D eigenvalue weighted by atomic mass is 10.2. The Bertz CT molecular complexity index is 428. The zero-order chi connectivity index (χ0) is 9.47. The number of hydrogen-bond acceptors (Lipinski definition) is 1. The first-order valence-corrected chi connectivity index (χ1v) is 4.50. The second-order valence-corrected chi connectivity index (χ2v) is 3.62. The summed E-state index contributed by atoms with van der Waals surface area (Å²) in [5.74, 6) is 0. The van der Waals surface area contributed by atoms with Crippen molar-refractivity contribution in [2.24, 2.45) is 0 Å². The number of halogens is 3. The van der Waals surface area contributed by atoms with Gasteiger partial charge in [0.2, 0.25) is 0 Å². The number of rotatable bonds is 0. The van der Waals surface area contributed by atoms with Gasteiger partial charge in [0, 0.05) is 4.70 Å². The van der Waals surface area contributed by atoms with Gasteiger partial charge < -0.3 is 0 Å². The molecule has 0 amide bonds. The number of alkyl halides is 3. The Morgan fingerprint density at radius 3 is 2.54 bits per heavy atom. The molecule has 4 heteroatoms. The maximum atomic E-state index is 12.2. The molecule has 0 atom stereocenters. The normalized spacial score (nSPS) is 12.2. The van der Waals surface area contributed by atoms with E-state index in [-0.39, 0.29) is 0 Å². The van der Waals surface area contributed by atoms with E-state index in [0.29, 0.717) is 4.70 Å². The van der Waals surface area contributed by atoms with Crippen LogP contribution in [0.2, 0.25) is 0 Å². The Hall–Kier alpha value is -1.03. The molecule has 0 radical (unpaired) electrons. The molecule has 1 aromatic carbocycles. The van der Waals surface area contributed by atoms with E-state index in [1.165, 1.54) is 23.5 Å². The van der Waals surface area contributed by atoms with Crippen molar-refractivity contribution in [2.45, 2.75) is 6.18 Å². The van der Waals surface area contributed by atoms with Gasteiger partial charge in [0.1, 0.15) is 0 Å². The maximum absolute atomic E-state index is 12.2. The fourth-order valence-corrected chi connectivity index (χ4v) is 1.96. The first-order valence-electron chi connectivity index (χ1n) is 3.62. The maximum Gasteiger partial charge on any atom is 0.416 e. The average Bonchev–Trinajstić information content (AvgIpc) is 2.47. The molecular formula is C9H5F3S. The third-order valence-corrected chi connectivity index (χ3v) is 2.66. The molecule has 0 unspecified atom stereocenters. The van der Waals surface area contributed by atoms with Crippen molar-refractivity contribution in [2.75, 3.05) is 0 Å². The van der Waals surface area contributed by atoms with Crippen molar-refractivity contribution < 1.29 is 13.2 Å². The molecule has 1 aromatic heterocycles. The molecule has 0 saturated carbocycles. The first kappa shape index (κ1) is 8.56. The summed E-state index contributed by atoms with van der Waals surface area (Å²) >= 11 is 1.32. The van der Waals surface area contributed by atoms with E-state index in [1.807, 2.05) is 0 Å². The lowest BCUT2D eigenvalue weighted by Gasteiger charge is -2.05. The van der Waals surface area contributed by atoms with Crippen LogP contribution in [0.4, 0.5) is 13.2 Å². The van der Waals surface area contributed by atoms with Gasteiger partial charge in [-0.2, -0.15) is 13.2 Å². The second-order valence-electron chi connectivity index (χ2n) is 2.67. The molecule has 13 heavy (non-hydrogen) atoms. The molecule has 2 aromatic rings. The minimum atomic E-state index is -4.24. The standard InChI is InChI=1S/C9H5F3S/c10-9(11,12)7-2-1-6-3-4-13-8(6)5-7/h1-5H. The van der Waals surface area contributed by atoms with E-state index >= 15 is 0 Å². The zero-order valence-corrected chi connectivity index (χ0v) is 7.25. The third kappa shape index (κ3) is 1.54. The molecule has 0 aliphatic carbocycles. The number of hydrogen-bond donors (Lipinski definition) is 0. The fourth-order valence-electron chi connectivity index (χ4n) is 1.13. The Kier molecular flexibility index (Phi) is 1.80. The van der Waals surface area contributed by atoms with Crippen molar-refractivity contribution in [1.29, 1.82) is 0 Å². The van der Waals surface area contributed by atoms with E-state index in [0.717, 1.165) is 11.5 Å². The highest BCUT2D eigenvalue weighted by Crippen LogP contribution is 2.32. The molecule has 1 heterocycles. The molecule has 0 spiro atoms. The fraction of sp³-hybridized carbons (Fsp3) is 0.111. The summed E-state index contributed by atoms with van der Waals surface area (Å²) in [6.07, 6.45) is -4.24. The highest BCUT2D eigenvalue weighted by Gasteiger charge is 2.30. The molecule has 0 aliphatic heterocycles. The van der Waals surface area contributed by atoms with Crippen molar-refractivity contribution in [1.82, 2.24) is 0 Å². The number of fused-ring (bicyclic) bond motifs is 1. The Morgan fingerprint density at radius 2 is 1.85 bits per heavy atom. The quantitative estimate of drug-likeness (QED) is 0.607. The van der Waals surface area contributed by atoms with Crippen LogP contribution in [-0.4, -0.2) is 0 Å². The van der Waals surface area contributed by atoms with Crippen LogP contribution < -0.4 is 0 Å². The highest BCUT2D eigenvalue weighted by molar-refractivity contribution is 7.17. The second kappa shape index (κ2) is 2.73. The van der Waals surface area contributed by atoms with Gasteiger partial charge in [-0.15, -0.1) is 11.3 Å². The van der Waals surface area contributed by atoms with Crippen LogP contribution in [0.1, 0.15) is 5.56 Å². The van der Waals surface area contributed by atoms with Gasteiger partial charge >= 0.3 is 6.18 Å².